The van der Waals surface area contributed by atoms with Gasteiger partial charge in [-0.05, 0) is 44.2 Å². The Hall–Kier alpha value is -0.500. The third-order valence-corrected chi connectivity index (χ3v) is 4.21. The van der Waals surface area contributed by atoms with E-state index in [0.29, 0.717) is 0 Å². The first-order chi connectivity index (χ1) is 8.09. The molecule has 92 valence electrons. The van der Waals surface area contributed by atoms with Gasteiger partial charge in [-0.25, -0.2) is 0 Å². The Balaban J connectivity index is 2.53. The third kappa shape index (κ3) is 5.12. The summed E-state index contributed by atoms with van der Waals surface area (Å²) >= 11 is 5.12. The SMILES string of the molecule is CCCNC(C)(C#N)CSc1ccc(Br)cc1. The molecule has 0 aliphatic heterocycles. The molecule has 1 aromatic carbocycles. The van der Waals surface area contributed by atoms with Crippen molar-refractivity contribution in [2.45, 2.75) is 30.7 Å². The predicted molar refractivity (Wildman–Crippen MR) is 77.2 cm³/mol. The summed E-state index contributed by atoms with van der Waals surface area (Å²) in [6, 6.07) is 10.5. The third-order valence-electron chi connectivity index (χ3n) is 2.35. The van der Waals surface area contributed by atoms with Crippen LogP contribution in [-0.2, 0) is 0 Å². The predicted octanol–water partition coefficient (Wildman–Crippen LogP) is 3.82. The molecule has 0 aliphatic rings. The number of hydrogen-bond donors (Lipinski definition) is 1. The van der Waals surface area contributed by atoms with Crippen molar-refractivity contribution in [1.82, 2.24) is 5.32 Å². The molecule has 0 spiro atoms. The van der Waals surface area contributed by atoms with Gasteiger partial charge in [0.15, 0.2) is 0 Å². The molecule has 1 rings (SSSR count). The molecule has 0 aromatic heterocycles. The molecule has 0 amide bonds. The lowest BCUT2D eigenvalue weighted by molar-refractivity contribution is 0.493. The first-order valence-electron chi connectivity index (χ1n) is 5.64. The van der Waals surface area contributed by atoms with Gasteiger partial charge in [-0.2, -0.15) is 5.26 Å². The largest absolute Gasteiger partial charge is 0.299 e. The summed E-state index contributed by atoms with van der Waals surface area (Å²) < 4.78 is 1.08. The average molecular weight is 313 g/mol. The molecule has 0 heterocycles. The normalized spacial score (nSPS) is 14.0. The Bertz CT molecular complexity index is 385. The number of nitrogens with one attached hydrogen (secondary N) is 1. The van der Waals surface area contributed by atoms with Gasteiger partial charge in [0, 0.05) is 15.1 Å². The zero-order valence-electron chi connectivity index (χ0n) is 10.2. The van der Waals surface area contributed by atoms with E-state index in [1.165, 1.54) is 4.90 Å². The van der Waals surface area contributed by atoms with E-state index >= 15 is 0 Å². The van der Waals surface area contributed by atoms with Gasteiger partial charge in [0.1, 0.15) is 5.54 Å². The van der Waals surface area contributed by atoms with Crippen molar-refractivity contribution in [3.63, 3.8) is 0 Å². The van der Waals surface area contributed by atoms with Crippen LogP contribution in [-0.4, -0.2) is 17.8 Å². The van der Waals surface area contributed by atoms with E-state index in [0.717, 1.165) is 23.2 Å². The summed E-state index contributed by atoms with van der Waals surface area (Å²) in [6.07, 6.45) is 1.04. The number of rotatable bonds is 6. The molecule has 1 aromatic rings. The molecule has 17 heavy (non-hydrogen) atoms. The highest BCUT2D eigenvalue weighted by atomic mass is 79.9. The fourth-order valence-electron chi connectivity index (χ4n) is 1.28. The lowest BCUT2D eigenvalue weighted by atomic mass is 10.1. The summed E-state index contributed by atoms with van der Waals surface area (Å²) in [7, 11) is 0. The van der Waals surface area contributed by atoms with Crippen molar-refractivity contribution in [2.24, 2.45) is 0 Å². The number of nitriles is 1. The molecule has 4 heteroatoms. The van der Waals surface area contributed by atoms with E-state index in [1.54, 1.807) is 11.8 Å². The number of benzene rings is 1. The van der Waals surface area contributed by atoms with Crippen molar-refractivity contribution in [2.75, 3.05) is 12.3 Å². The molecule has 1 atom stereocenters. The molecular formula is C13H17BrN2S. The molecule has 0 aliphatic carbocycles. The lowest BCUT2D eigenvalue weighted by Gasteiger charge is -2.22. The average Bonchev–Trinajstić information content (AvgIpc) is 2.36. The highest BCUT2D eigenvalue weighted by Crippen LogP contribution is 2.24. The maximum Gasteiger partial charge on any atom is 0.113 e. The zero-order chi connectivity index (χ0) is 12.7. The topological polar surface area (TPSA) is 35.8 Å². The second-order valence-corrected chi connectivity index (χ2v) is 6.08. The van der Waals surface area contributed by atoms with Gasteiger partial charge < -0.3 is 0 Å². The first-order valence-corrected chi connectivity index (χ1v) is 7.42. The van der Waals surface area contributed by atoms with Crippen molar-refractivity contribution in [3.05, 3.63) is 28.7 Å². The number of thioether (sulfide) groups is 1. The smallest absolute Gasteiger partial charge is 0.113 e. The van der Waals surface area contributed by atoms with Crippen LogP contribution in [0.3, 0.4) is 0 Å². The van der Waals surface area contributed by atoms with Gasteiger partial charge in [0.2, 0.25) is 0 Å². The van der Waals surface area contributed by atoms with Gasteiger partial charge in [0.25, 0.3) is 0 Å². The Morgan fingerprint density at radius 3 is 2.59 bits per heavy atom. The summed E-state index contributed by atoms with van der Waals surface area (Å²) in [4.78, 5) is 1.19. The van der Waals surface area contributed by atoms with Crippen LogP contribution < -0.4 is 5.32 Å². The van der Waals surface area contributed by atoms with Crippen LogP contribution in [0.4, 0.5) is 0 Å². The fraction of sp³-hybridized carbons (Fsp3) is 0.462. The van der Waals surface area contributed by atoms with Gasteiger partial charge in [-0.3, -0.25) is 5.32 Å². The fourth-order valence-corrected chi connectivity index (χ4v) is 2.50. The highest BCUT2D eigenvalue weighted by molar-refractivity contribution is 9.10. The van der Waals surface area contributed by atoms with E-state index in [1.807, 2.05) is 19.1 Å². The first kappa shape index (κ1) is 14.6. The summed E-state index contributed by atoms with van der Waals surface area (Å²) in [5.74, 6) is 0.755. The van der Waals surface area contributed by atoms with Crippen LogP contribution in [0.1, 0.15) is 20.3 Å². The van der Waals surface area contributed by atoms with Crippen LogP contribution >= 0.6 is 27.7 Å². The molecule has 1 unspecified atom stereocenters. The van der Waals surface area contributed by atoms with Crippen LogP contribution in [0.15, 0.2) is 33.6 Å². The second-order valence-electron chi connectivity index (χ2n) is 4.11. The molecular weight excluding hydrogens is 296 g/mol. The Morgan fingerprint density at radius 2 is 2.06 bits per heavy atom. The van der Waals surface area contributed by atoms with Crippen molar-refractivity contribution in [3.8, 4) is 6.07 Å². The quantitative estimate of drug-likeness (QED) is 0.811. The van der Waals surface area contributed by atoms with Gasteiger partial charge >= 0.3 is 0 Å². The van der Waals surface area contributed by atoms with Crippen LogP contribution in [0, 0.1) is 11.3 Å². The minimum Gasteiger partial charge on any atom is -0.299 e. The summed E-state index contributed by atoms with van der Waals surface area (Å²) in [6.45, 7) is 4.94. The zero-order valence-corrected chi connectivity index (χ0v) is 12.6. The van der Waals surface area contributed by atoms with Crippen LogP contribution in [0.5, 0.6) is 0 Å². The van der Waals surface area contributed by atoms with E-state index < -0.39 is 5.54 Å². The van der Waals surface area contributed by atoms with E-state index in [2.05, 4.69) is 46.4 Å². The Morgan fingerprint density at radius 1 is 1.41 bits per heavy atom. The van der Waals surface area contributed by atoms with Crippen molar-refractivity contribution in [1.29, 1.82) is 5.26 Å². The lowest BCUT2D eigenvalue weighted by Crippen LogP contribution is -2.43. The molecule has 0 fully saturated rings. The molecule has 1 N–H and O–H groups in total. The maximum absolute atomic E-state index is 9.20. The van der Waals surface area contributed by atoms with E-state index in [4.69, 9.17) is 0 Å². The standard InChI is InChI=1S/C13H17BrN2S/c1-3-8-16-13(2,9-15)10-17-12-6-4-11(14)5-7-12/h4-7,16H,3,8,10H2,1-2H3. The monoisotopic (exact) mass is 312 g/mol. The van der Waals surface area contributed by atoms with Crippen LogP contribution in [0.2, 0.25) is 0 Å². The minimum absolute atomic E-state index is 0.451. The second kappa shape index (κ2) is 7.05. The molecule has 0 saturated carbocycles. The molecule has 0 saturated heterocycles. The van der Waals surface area contributed by atoms with Crippen LogP contribution in [0.25, 0.3) is 0 Å². The number of nitrogens with zero attached hydrogens (tertiary/aromatic N) is 1. The van der Waals surface area contributed by atoms with Gasteiger partial charge in [-0.15, -0.1) is 11.8 Å². The van der Waals surface area contributed by atoms with Crippen molar-refractivity contribution < 1.29 is 0 Å². The number of halogens is 1. The summed E-state index contributed by atoms with van der Waals surface area (Å²) in [5, 5.41) is 12.5. The Kier molecular flexibility index (Phi) is 6.04. The molecule has 2 nitrogen and oxygen atoms in total. The minimum atomic E-state index is -0.451. The summed E-state index contributed by atoms with van der Waals surface area (Å²) in [5.41, 5.74) is -0.451. The van der Waals surface area contributed by atoms with Crippen molar-refractivity contribution >= 4 is 27.7 Å². The van der Waals surface area contributed by atoms with Gasteiger partial charge in [0.05, 0.1) is 6.07 Å². The van der Waals surface area contributed by atoms with E-state index in [9.17, 15) is 5.26 Å². The number of hydrogen-bond acceptors (Lipinski definition) is 3. The molecule has 0 radical (unpaired) electrons. The Labute approximate surface area is 116 Å². The highest BCUT2D eigenvalue weighted by Gasteiger charge is 2.22. The van der Waals surface area contributed by atoms with Gasteiger partial charge in [-0.1, -0.05) is 22.9 Å². The molecule has 0 bridgehead atoms. The maximum atomic E-state index is 9.20. The van der Waals surface area contributed by atoms with E-state index in [-0.39, 0.29) is 0 Å².